The summed E-state index contributed by atoms with van der Waals surface area (Å²) in [7, 11) is 0. The molecule has 0 unspecified atom stereocenters. The first-order chi connectivity index (χ1) is 16.0. The molecule has 5 N–H and O–H groups in total. The number of nitrogens with two attached hydrogens (primary N) is 1. The molecule has 33 heavy (non-hydrogen) atoms. The molecule has 0 radical (unpaired) electrons. The number of hydrogen-bond acceptors (Lipinski definition) is 4. The Labute approximate surface area is 193 Å². The van der Waals surface area contributed by atoms with Crippen LogP contribution in [0.3, 0.4) is 0 Å². The van der Waals surface area contributed by atoms with Crippen molar-refractivity contribution in [3.63, 3.8) is 0 Å². The van der Waals surface area contributed by atoms with Crippen LogP contribution in [0.2, 0.25) is 0 Å². The molecule has 0 aromatic heterocycles. The number of primary amides is 1. The molecule has 1 aliphatic heterocycles. The van der Waals surface area contributed by atoms with E-state index in [4.69, 9.17) is 5.73 Å². The lowest BCUT2D eigenvalue weighted by Gasteiger charge is -2.30. The standard InChI is InChI=1S/C25H31N5O3/c26-23(31)18-12-15-30(16-13-18)14-11-17-1-5-20(6-2-17)27-24(32)19-3-7-21(8-4-19)28-25(33)29-22-9-10-22/h1-8,18,22H,9-16H2,(H2,26,31)(H,27,32)(H2,28,29,33). The van der Waals surface area contributed by atoms with Crippen molar-refractivity contribution in [3.05, 3.63) is 59.7 Å². The topological polar surface area (TPSA) is 117 Å². The average molecular weight is 450 g/mol. The molecule has 0 atom stereocenters. The smallest absolute Gasteiger partial charge is 0.319 e. The lowest BCUT2D eigenvalue weighted by molar-refractivity contribution is -0.123. The van der Waals surface area contributed by atoms with E-state index in [9.17, 15) is 14.4 Å². The first kappa shape index (κ1) is 22.8. The van der Waals surface area contributed by atoms with Crippen LogP contribution in [0.25, 0.3) is 0 Å². The fraction of sp³-hybridized carbons (Fsp3) is 0.400. The van der Waals surface area contributed by atoms with Gasteiger partial charge < -0.3 is 26.6 Å². The number of carbonyl (C=O) groups excluding carboxylic acids is 3. The van der Waals surface area contributed by atoms with E-state index in [1.165, 1.54) is 5.56 Å². The molecule has 8 heteroatoms. The fourth-order valence-corrected chi connectivity index (χ4v) is 3.97. The zero-order chi connectivity index (χ0) is 23.2. The van der Waals surface area contributed by atoms with E-state index in [2.05, 4.69) is 20.9 Å². The Morgan fingerprint density at radius 3 is 2.06 bits per heavy atom. The molecule has 1 saturated carbocycles. The summed E-state index contributed by atoms with van der Waals surface area (Å²) in [5, 5.41) is 8.54. The van der Waals surface area contributed by atoms with E-state index >= 15 is 0 Å². The summed E-state index contributed by atoms with van der Waals surface area (Å²) in [5.41, 5.74) is 8.50. The van der Waals surface area contributed by atoms with Gasteiger partial charge in [-0.2, -0.15) is 0 Å². The van der Waals surface area contributed by atoms with E-state index in [-0.39, 0.29) is 23.8 Å². The Morgan fingerprint density at radius 2 is 1.45 bits per heavy atom. The maximum absolute atomic E-state index is 12.5. The Balaban J connectivity index is 1.21. The maximum Gasteiger partial charge on any atom is 0.319 e. The molecule has 8 nitrogen and oxygen atoms in total. The van der Waals surface area contributed by atoms with Gasteiger partial charge in [-0.1, -0.05) is 12.1 Å². The van der Waals surface area contributed by atoms with Gasteiger partial charge in [-0.15, -0.1) is 0 Å². The van der Waals surface area contributed by atoms with E-state index in [0.29, 0.717) is 17.3 Å². The number of hydrogen-bond donors (Lipinski definition) is 4. The van der Waals surface area contributed by atoms with Gasteiger partial charge >= 0.3 is 6.03 Å². The van der Waals surface area contributed by atoms with Crippen LogP contribution in [0.5, 0.6) is 0 Å². The lowest BCUT2D eigenvalue weighted by Crippen LogP contribution is -2.39. The molecule has 4 rings (SSSR count). The minimum Gasteiger partial charge on any atom is -0.369 e. The monoisotopic (exact) mass is 449 g/mol. The summed E-state index contributed by atoms with van der Waals surface area (Å²) in [4.78, 5) is 38.0. The number of likely N-dealkylation sites (tertiary alicyclic amines) is 1. The van der Waals surface area contributed by atoms with Crippen LogP contribution in [0.15, 0.2) is 48.5 Å². The van der Waals surface area contributed by atoms with Gasteiger partial charge in [-0.05, 0) is 87.2 Å². The lowest BCUT2D eigenvalue weighted by atomic mass is 9.96. The highest BCUT2D eigenvalue weighted by molar-refractivity contribution is 6.04. The Morgan fingerprint density at radius 1 is 0.848 bits per heavy atom. The minimum absolute atomic E-state index is 0.0171. The largest absolute Gasteiger partial charge is 0.369 e. The molecule has 0 bridgehead atoms. The summed E-state index contributed by atoms with van der Waals surface area (Å²) in [5.74, 6) is -0.367. The van der Waals surface area contributed by atoms with Crippen molar-refractivity contribution in [1.82, 2.24) is 10.2 Å². The Hall–Kier alpha value is -3.39. The normalized spacial score (nSPS) is 16.7. The van der Waals surface area contributed by atoms with Gasteiger partial charge in [0.15, 0.2) is 0 Å². The van der Waals surface area contributed by atoms with Gasteiger partial charge in [0.1, 0.15) is 0 Å². The molecule has 1 aliphatic carbocycles. The molecule has 1 saturated heterocycles. The molecular weight excluding hydrogens is 418 g/mol. The third-order valence-corrected chi connectivity index (χ3v) is 6.24. The highest BCUT2D eigenvalue weighted by Crippen LogP contribution is 2.20. The van der Waals surface area contributed by atoms with Crippen LogP contribution in [0.4, 0.5) is 16.2 Å². The zero-order valence-electron chi connectivity index (χ0n) is 18.7. The van der Waals surface area contributed by atoms with Crippen molar-refractivity contribution in [2.45, 2.75) is 38.1 Å². The van der Waals surface area contributed by atoms with E-state index in [1.54, 1.807) is 24.3 Å². The molecule has 2 aromatic rings. The molecular formula is C25H31N5O3. The van der Waals surface area contributed by atoms with Gasteiger partial charge in [0.05, 0.1) is 0 Å². The molecule has 174 valence electrons. The van der Waals surface area contributed by atoms with Crippen molar-refractivity contribution in [3.8, 4) is 0 Å². The number of amides is 4. The first-order valence-electron chi connectivity index (χ1n) is 11.6. The summed E-state index contributed by atoms with van der Waals surface area (Å²) in [6.07, 6.45) is 4.66. The van der Waals surface area contributed by atoms with Crippen LogP contribution in [-0.4, -0.2) is 48.4 Å². The summed E-state index contributed by atoms with van der Waals surface area (Å²) < 4.78 is 0. The van der Waals surface area contributed by atoms with Crippen molar-refractivity contribution >= 4 is 29.2 Å². The van der Waals surface area contributed by atoms with Crippen molar-refractivity contribution in [2.75, 3.05) is 30.3 Å². The summed E-state index contributed by atoms with van der Waals surface area (Å²) in [6.45, 7) is 2.75. The number of rotatable bonds is 8. The van der Waals surface area contributed by atoms with Crippen LogP contribution >= 0.6 is 0 Å². The second kappa shape index (κ2) is 10.5. The number of nitrogens with one attached hydrogen (secondary N) is 3. The second-order valence-electron chi connectivity index (χ2n) is 8.87. The average Bonchev–Trinajstić information content (AvgIpc) is 3.63. The predicted molar refractivity (Wildman–Crippen MR) is 128 cm³/mol. The minimum atomic E-state index is -0.218. The van der Waals surface area contributed by atoms with E-state index < -0.39 is 0 Å². The number of benzene rings is 2. The van der Waals surface area contributed by atoms with Gasteiger partial charge in [-0.3, -0.25) is 9.59 Å². The van der Waals surface area contributed by atoms with Gasteiger partial charge in [0.25, 0.3) is 5.91 Å². The van der Waals surface area contributed by atoms with Gasteiger partial charge in [-0.25, -0.2) is 4.79 Å². The highest BCUT2D eigenvalue weighted by Gasteiger charge is 2.23. The first-order valence-corrected chi connectivity index (χ1v) is 11.6. The number of nitrogens with zero attached hydrogens (tertiary/aromatic N) is 1. The van der Waals surface area contributed by atoms with Gasteiger partial charge in [0, 0.05) is 35.4 Å². The third kappa shape index (κ3) is 6.79. The Kier molecular flexibility index (Phi) is 7.24. The zero-order valence-corrected chi connectivity index (χ0v) is 18.7. The van der Waals surface area contributed by atoms with Crippen molar-refractivity contribution in [1.29, 1.82) is 0 Å². The summed E-state index contributed by atoms with van der Waals surface area (Å²) in [6, 6.07) is 14.8. The van der Waals surface area contributed by atoms with Crippen LogP contribution in [-0.2, 0) is 11.2 Å². The number of urea groups is 1. The number of piperidine rings is 1. The SMILES string of the molecule is NC(=O)C1CCN(CCc2ccc(NC(=O)c3ccc(NC(=O)NC4CC4)cc3)cc2)CC1. The molecule has 2 aromatic carbocycles. The van der Waals surface area contributed by atoms with Crippen LogP contribution in [0, 0.1) is 5.92 Å². The predicted octanol–water partition coefficient (Wildman–Crippen LogP) is 2.96. The van der Waals surface area contributed by atoms with Crippen LogP contribution in [0.1, 0.15) is 41.6 Å². The second-order valence-corrected chi connectivity index (χ2v) is 8.87. The van der Waals surface area contributed by atoms with E-state index in [0.717, 1.165) is 57.4 Å². The summed E-state index contributed by atoms with van der Waals surface area (Å²) >= 11 is 0. The van der Waals surface area contributed by atoms with Crippen molar-refractivity contribution in [2.24, 2.45) is 11.7 Å². The number of anilines is 2. The molecule has 1 heterocycles. The molecule has 4 amide bonds. The maximum atomic E-state index is 12.5. The van der Waals surface area contributed by atoms with Crippen LogP contribution < -0.4 is 21.7 Å². The Bertz CT molecular complexity index is 978. The molecule has 0 spiro atoms. The fourth-order valence-electron chi connectivity index (χ4n) is 3.97. The van der Waals surface area contributed by atoms with Crippen molar-refractivity contribution < 1.29 is 14.4 Å². The quantitative estimate of drug-likeness (QED) is 0.496. The number of carbonyl (C=O) groups is 3. The third-order valence-electron chi connectivity index (χ3n) is 6.24. The van der Waals surface area contributed by atoms with Gasteiger partial charge in [0.2, 0.25) is 5.91 Å². The highest BCUT2D eigenvalue weighted by atomic mass is 16.2. The molecule has 2 aliphatic rings. The van der Waals surface area contributed by atoms with E-state index in [1.807, 2.05) is 24.3 Å². The molecule has 2 fully saturated rings.